The van der Waals surface area contributed by atoms with Gasteiger partial charge in [0.15, 0.2) is 0 Å². The van der Waals surface area contributed by atoms with E-state index in [9.17, 15) is 9.18 Å². The molecule has 0 radical (unpaired) electrons. The summed E-state index contributed by atoms with van der Waals surface area (Å²) in [5.74, 6) is -0.664. The fraction of sp³-hybridized carbons (Fsp3) is 0.0500. The molecule has 5 heteroatoms. The van der Waals surface area contributed by atoms with E-state index in [-0.39, 0.29) is 16.5 Å². The molecular formula is C20H14ClFN2O. The van der Waals surface area contributed by atoms with Gasteiger partial charge in [0.05, 0.1) is 10.6 Å². The number of hydrogen-bond donors (Lipinski definition) is 1. The summed E-state index contributed by atoms with van der Waals surface area (Å²) < 4.78 is 14.6. The Morgan fingerprint density at radius 1 is 0.920 bits per heavy atom. The summed E-state index contributed by atoms with van der Waals surface area (Å²) in [6.45, 7) is 0. The quantitative estimate of drug-likeness (QED) is 0.683. The summed E-state index contributed by atoms with van der Waals surface area (Å²) in [5, 5.41) is 3.52. The third kappa shape index (κ3) is 2.65. The van der Waals surface area contributed by atoms with Gasteiger partial charge in [-0.3, -0.25) is 9.69 Å². The SMILES string of the molecule is O=C1c2ccccc2NC(c2c(F)cccc2Cl)N1c1ccccc1. The van der Waals surface area contributed by atoms with Crippen molar-refractivity contribution in [3.8, 4) is 0 Å². The third-order valence-corrected chi connectivity index (χ3v) is 4.56. The van der Waals surface area contributed by atoms with Crippen LogP contribution in [0.5, 0.6) is 0 Å². The molecule has 0 bridgehead atoms. The average molecular weight is 353 g/mol. The van der Waals surface area contributed by atoms with Gasteiger partial charge in [-0.2, -0.15) is 0 Å². The van der Waals surface area contributed by atoms with Crippen molar-refractivity contribution in [2.75, 3.05) is 10.2 Å². The molecular weight excluding hydrogens is 339 g/mol. The Morgan fingerprint density at radius 2 is 1.64 bits per heavy atom. The lowest BCUT2D eigenvalue weighted by molar-refractivity contribution is 0.0974. The second-order valence-electron chi connectivity index (χ2n) is 5.74. The third-order valence-electron chi connectivity index (χ3n) is 4.23. The number of amides is 1. The van der Waals surface area contributed by atoms with Crippen LogP contribution >= 0.6 is 11.6 Å². The zero-order chi connectivity index (χ0) is 17.4. The van der Waals surface area contributed by atoms with Crippen molar-refractivity contribution in [1.82, 2.24) is 0 Å². The molecule has 1 N–H and O–H groups in total. The number of nitrogens with one attached hydrogen (secondary N) is 1. The van der Waals surface area contributed by atoms with E-state index < -0.39 is 12.0 Å². The van der Waals surface area contributed by atoms with Crippen molar-refractivity contribution in [2.45, 2.75) is 6.17 Å². The van der Waals surface area contributed by atoms with Gasteiger partial charge in [-0.15, -0.1) is 0 Å². The zero-order valence-corrected chi connectivity index (χ0v) is 13.9. The number of halogens is 2. The highest BCUT2D eigenvalue weighted by Gasteiger charge is 2.36. The van der Waals surface area contributed by atoms with Crippen molar-refractivity contribution in [1.29, 1.82) is 0 Å². The van der Waals surface area contributed by atoms with Gasteiger partial charge >= 0.3 is 0 Å². The standard InChI is InChI=1S/C20H14ClFN2O/c21-15-10-6-11-16(22)18(15)19-23-17-12-5-4-9-14(17)20(25)24(19)13-7-2-1-3-8-13/h1-12,19,23H. The number of nitrogens with zero attached hydrogens (tertiary/aromatic N) is 1. The van der Waals surface area contributed by atoms with Gasteiger partial charge in [-0.1, -0.05) is 48.0 Å². The van der Waals surface area contributed by atoms with E-state index in [1.807, 2.05) is 36.4 Å². The number of carbonyl (C=O) groups is 1. The van der Waals surface area contributed by atoms with Crippen LogP contribution in [-0.4, -0.2) is 5.91 Å². The van der Waals surface area contributed by atoms with E-state index in [0.29, 0.717) is 16.9 Å². The molecule has 3 aromatic rings. The van der Waals surface area contributed by atoms with E-state index in [2.05, 4.69) is 5.32 Å². The lowest BCUT2D eigenvalue weighted by Gasteiger charge is -2.38. The highest BCUT2D eigenvalue weighted by molar-refractivity contribution is 6.31. The van der Waals surface area contributed by atoms with Crippen molar-refractivity contribution in [3.63, 3.8) is 0 Å². The van der Waals surface area contributed by atoms with Crippen molar-refractivity contribution in [2.24, 2.45) is 0 Å². The maximum Gasteiger partial charge on any atom is 0.262 e. The Balaban J connectivity index is 1.93. The predicted octanol–water partition coefficient (Wildman–Crippen LogP) is 5.25. The van der Waals surface area contributed by atoms with E-state index in [1.165, 1.54) is 11.0 Å². The molecule has 0 saturated heterocycles. The predicted molar refractivity (Wildman–Crippen MR) is 97.5 cm³/mol. The van der Waals surface area contributed by atoms with E-state index in [0.717, 1.165) is 0 Å². The first-order valence-electron chi connectivity index (χ1n) is 7.85. The first-order valence-corrected chi connectivity index (χ1v) is 8.22. The van der Waals surface area contributed by atoms with E-state index in [1.54, 1.807) is 30.3 Å². The van der Waals surface area contributed by atoms with Crippen LogP contribution in [0, 0.1) is 5.82 Å². The van der Waals surface area contributed by atoms with Crippen LogP contribution in [0.1, 0.15) is 22.1 Å². The lowest BCUT2D eigenvalue weighted by atomic mass is 10.0. The molecule has 25 heavy (non-hydrogen) atoms. The van der Waals surface area contributed by atoms with Gasteiger partial charge in [0.2, 0.25) is 0 Å². The van der Waals surface area contributed by atoms with E-state index >= 15 is 0 Å². The molecule has 1 unspecified atom stereocenters. The molecule has 3 aromatic carbocycles. The van der Waals surface area contributed by atoms with Crippen LogP contribution in [0.15, 0.2) is 72.8 Å². The summed E-state index contributed by atoms with van der Waals surface area (Å²) in [6, 6.07) is 20.9. The molecule has 1 amide bonds. The Morgan fingerprint density at radius 3 is 2.40 bits per heavy atom. The summed E-state index contributed by atoms with van der Waals surface area (Å²) in [6.07, 6.45) is -0.738. The molecule has 0 saturated carbocycles. The van der Waals surface area contributed by atoms with Crippen LogP contribution in [-0.2, 0) is 0 Å². The lowest BCUT2D eigenvalue weighted by Crippen LogP contribution is -2.43. The number of anilines is 2. The minimum atomic E-state index is -0.738. The number of carbonyl (C=O) groups excluding carboxylic acids is 1. The highest BCUT2D eigenvalue weighted by Crippen LogP contribution is 2.39. The van der Waals surface area contributed by atoms with Gasteiger partial charge < -0.3 is 5.32 Å². The maximum atomic E-state index is 14.6. The summed E-state index contributed by atoms with van der Waals surface area (Å²) in [7, 11) is 0. The minimum absolute atomic E-state index is 0.204. The molecule has 0 spiro atoms. The maximum absolute atomic E-state index is 14.6. The van der Waals surface area contributed by atoms with Gasteiger partial charge in [0, 0.05) is 16.9 Å². The molecule has 4 rings (SSSR count). The summed E-state index contributed by atoms with van der Waals surface area (Å²) >= 11 is 6.27. The van der Waals surface area contributed by atoms with Crippen LogP contribution < -0.4 is 10.2 Å². The van der Waals surface area contributed by atoms with Gasteiger partial charge in [-0.05, 0) is 36.4 Å². The van der Waals surface area contributed by atoms with E-state index in [4.69, 9.17) is 11.6 Å². The molecule has 124 valence electrons. The Bertz CT molecular complexity index is 925. The van der Waals surface area contributed by atoms with Gasteiger partial charge in [0.1, 0.15) is 12.0 Å². The number of rotatable bonds is 2. The molecule has 0 aromatic heterocycles. The van der Waals surface area contributed by atoms with Crippen LogP contribution in [0.2, 0.25) is 5.02 Å². The Hall–Kier alpha value is -2.85. The molecule has 0 aliphatic carbocycles. The Kier molecular flexibility index (Phi) is 3.90. The first kappa shape index (κ1) is 15.7. The molecule has 3 nitrogen and oxygen atoms in total. The molecule has 1 atom stereocenters. The number of fused-ring (bicyclic) bond motifs is 1. The monoisotopic (exact) mass is 352 g/mol. The number of benzene rings is 3. The van der Waals surface area contributed by atoms with Crippen LogP contribution in [0.3, 0.4) is 0 Å². The second-order valence-corrected chi connectivity index (χ2v) is 6.15. The minimum Gasteiger partial charge on any atom is -0.360 e. The topological polar surface area (TPSA) is 32.3 Å². The van der Waals surface area contributed by atoms with Gasteiger partial charge in [-0.25, -0.2) is 4.39 Å². The van der Waals surface area contributed by atoms with Crippen LogP contribution in [0.25, 0.3) is 0 Å². The number of para-hydroxylation sites is 2. The average Bonchev–Trinajstić information content (AvgIpc) is 2.62. The summed E-state index contributed by atoms with van der Waals surface area (Å²) in [5.41, 5.74) is 2.11. The van der Waals surface area contributed by atoms with Gasteiger partial charge in [0.25, 0.3) is 5.91 Å². The smallest absolute Gasteiger partial charge is 0.262 e. The molecule has 1 heterocycles. The zero-order valence-electron chi connectivity index (χ0n) is 13.1. The first-order chi connectivity index (χ1) is 12.2. The fourth-order valence-corrected chi connectivity index (χ4v) is 3.35. The number of hydrogen-bond acceptors (Lipinski definition) is 2. The normalized spacial score (nSPS) is 16.3. The molecule has 0 fully saturated rings. The highest BCUT2D eigenvalue weighted by atomic mass is 35.5. The molecule has 1 aliphatic heterocycles. The largest absolute Gasteiger partial charge is 0.360 e. The van der Waals surface area contributed by atoms with Crippen molar-refractivity contribution in [3.05, 3.63) is 94.8 Å². The summed E-state index contributed by atoms with van der Waals surface area (Å²) in [4.78, 5) is 14.7. The second kappa shape index (κ2) is 6.22. The van der Waals surface area contributed by atoms with Crippen LogP contribution in [0.4, 0.5) is 15.8 Å². The Labute approximate surface area is 149 Å². The van der Waals surface area contributed by atoms with Crippen molar-refractivity contribution < 1.29 is 9.18 Å². The van der Waals surface area contributed by atoms with Crippen molar-refractivity contribution >= 4 is 28.9 Å². The molecule has 1 aliphatic rings. The fourth-order valence-electron chi connectivity index (χ4n) is 3.08.